The number of carbonyl (C=O) groups is 1. The van der Waals surface area contributed by atoms with Crippen molar-refractivity contribution in [1.29, 1.82) is 0 Å². The summed E-state index contributed by atoms with van der Waals surface area (Å²) in [5, 5.41) is 7.96. The third-order valence-electron chi connectivity index (χ3n) is 3.65. The van der Waals surface area contributed by atoms with Crippen molar-refractivity contribution < 1.29 is 4.79 Å². The Labute approximate surface area is 118 Å². The van der Waals surface area contributed by atoms with Gasteiger partial charge in [-0.15, -0.1) is 0 Å². The molecular weight excluding hydrogens is 246 g/mol. The first-order valence-corrected chi connectivity index (χ1v) is 6.89. The van der Waals surface area contributed by atoms with Crippen LogP contribution < -0.4 is 5.32 Å². The molecule has 2 heteroatoms. The van der Waals surface area contributed by atoms with Gasteiger partial charge in [0.25, 0.3) is 0 Å². The van der Waals surface area contributed by atoms with Crippen LogP contribution in [0.3, 0.4) is 0 Å². The lowest BCUT2D eigenvalue weighted by Crippen LogP contribution is -2.22. The average molecular weight is 263 g/mol. The maximum Gasteiger partial charge on any atom is 0.216 e. The van der Waals surface area contributed by atoms with E-state index in [1.54, 1.807) is 6.92 Å². The minimum Gasteiger partial charge on any atom is -0.356 e. The number of hydrogen-bond acceptors (Lipinski definition) is 1. The zero-order valence-corrected chi connectivity index (χ0v) is 11.5. The molecule has 0 saturated heterocycles. The number of nitrogens with one attached hydrogen (secondary N) is 1. The molecule has 0 atom stereocenters. The second-order valence-corrected chi connectivity index (χ2v) is 5.03. The summed E-state index contributed by atoms with van der Waals surface area (Å²) in [5.74, 6) is 0.0238. The van der Waals surface area contributed by atoms with Gasteiger partial charge in [0.2, 0.25) is 5.91 Å². The fraction of sp³-hybridized carbons (Fsp3) is 0.167. The predicted octanol–water partition coefficient (Wildman–Crippen LogP) is 3.67. The number of fused-ring (bicyclic) bond motifs is 3. The van der Waals surface area contributed by atoms with Gasteiger partial charge in [-0.2, -0.15) is 0 Å². The largest absolute Gasteiger partial charge is 0.356 e. The molecule has 0 radical (unpaired) electrons. The molecule has 3 aromatic rings. The van der Waals surface area contributed by atoms with E-state index in [0.29, 0.717) is 6.54 Å². The quantitative estimate of drug-likeness (QED) is 0.718. The third kappa shape index (κ3) is 2.37. The summed E-state index contributed by atoms with van der Waals surface area (Å²) in [6.07, 6.45) is 0.856. The Morgan fingerprint density at radius 1 is 0.900 bits per heavy atom. The van der Waals surface area contributed by atoms with E-state index in [4.69, 9.17) is 0 Å². The van der Waals surface area contributed by atoms with Crippen molar-refractivity contribution in [2.45, 2.75) is 13.3 Å². The molecule has 20 heavy (non-hydrogen) atoms. The molecule has 0 unspecified atom stereocenters. The van der Waals surface area contributed by atoms with Gasteiger partial charge >= 0.3 is 0 Å². The number of amides is 1. The highest BCUT2D eigenvalue weighted by Crippen LogP contribution is 2.27. The van der Waals surface area contributed by atoms with Gasteiger partial charge in [0.1, 0.15) is 0 Å². The van der Waals surface area contributed by atoms with Crippen molar-refractivity contribution in [3.05, 3.63) is 60.2 Å². The molecule has 0 aliphatic heterocycles. The Morgan fingerprint density at radius 2 is 1.70 bits per heavy atom. The van der Waals surface area contributed by atoms with Crippen LogP contribution in [0.15, 0.2) is 54.6 Å². The molecular formula is C18H17NO. The molecule has 0 saturated carbocycles. The number of carbonyl (C=O) groups excluding carboxylic acids is 1. The maximum atomic E-state index is 11.0. The summed E-state index contributed by atoms with van der Waals surface area (Å²) in [7, 11) is 0. The molecule has 3 aromatic carbocycles. The van der Waals surface area contributed by atoms with E-state index in [0.717, 1.165) is 6.42 Å². The highest BCUT2D eigenvalue weighted by Gasteiger charge is 2.04. The molecule has 0 aliphatic rings. The van der Waals surface area contributed by atoms with Crippen LogP contribution >= 0.6 is 0 Å². The first-order valence-electron chi connectivity index (χ1n) is 6.89. The van der Waals surface area contributed by atoms with Gasteiger partial charge in [0, 0.05) is 13.5 Å². The molecule has 1 N–H and O–H groups in total. The molecule has 0 aliphatic carbocycles. The van der Waals surface area contributed by atoms with Crippen LogP contribution in [0.25, 0.3) is 21.5 Å². The minimum absolute atomic E-state index is 0.0238. The lowest BCUT2D eigenvalue weighted by atomic mass is 9.97. The van der Waals surface area contributed by atoms with Gasteiger partial charge in [-0.3, -0.25) is 4.79 Å². The predicted molar refractivity (Wildman–Crippen MR) is 83.8 cm³/mol. The highest BCUT2D eigenvalue weighted by atomic mass is 16.1. The normalized spacial score (nSPS) is 10.8. The zero-order chi connectivity index (χ0) is 13.9. The summed E-state index contributed by atoms with van der Waals surface area (Å²) >= 11 is 0. The van der Waals surface area contributed by atoms with Gasteiger partial charge in [-0.25, -0.2) is 0 Å². The second kappa shape index (κ2) is 5.33. The lowest BCUT2D eigenvalue weighted by molar-refractivity contribution is -0.118. The molecule has 2 nitrogen and oxygen atoms in total. The van der Waals surface area contributed by atoms with E-state index in [2.05, 4.69) is 59.9 Å². The minimum atomic E-state index is 0.0238. The zero-order valence-electron chi connectivity index (χ0n) is 11.5. The van der Waals surface area contributed by atoms with Crippen LogP contribution in [-0.2, 0) is 11.2 Å². The van der Waals surface area contributed by atoms with Crippen LogP contribution in [0.1, 0.15) is 12.5 Å². The Hall–Kier alpha value is -2.35. The van der Waals surface area contributed by atoms with Crippen molar-refractivity contribution in [3.8, 4) is 0 Å². The number of rotatable bonds is 3. The summed E-state index contributed by atoms with van der Waals surface area (Å²) < 4.78 is 0. The van der Waals surface area contributed by atoms with Crippen molar-refractivity contribution in [2.75, 3.05) is 6.54 Å². The standard InChI is InChI=1S/C18H17NO/c1-13(20)19-12-11-15-6-4-8-18-16-7-3-2-5-14(16)9-10-17(15)18/h2-10H,11-12H2,1H3,(H,19,20). The van der Waals surface area contributed by atoms with Crippen molar-refractivity contribution in [3.63, 3.8) is 0 Å². The van der Waals surface area contributed by atoms with E-state index in [1.807, 2.05) is 0 Å². The lowest BCUT2D eigenvalue weighted by Gasteiger charge is -2.09. The van der Waals surface area contributed by atoms with E-state index in [9.17, 15) is 4.79 Å². The fourth-order valence-electron chi connectivity index (χ4n) is 2.70. The molecule has 0 fully saturated rings. The van der Waals surface area contributed by atoms with Crippen molar-refractivity contribution in [2.24, 2.45) is 0 Å². The van der Waals surface area contributed by atoms with Gasteiger partial charge in [-0.1, -0.05) is 54.6 Å². The van der Waals surface area contributed by atoms with Crippen LogP contribution in [0.2, 0.25) is 0 Å². The van der Waals surface area contributed by atoms with E-state index in [1.165, 1.54) is 27.1 Å². The van der Waals surface area contributed by atoms with Crippen molar-refractivity contribution >= 4 is 27.5 Å². The molecule has 3 rings (SSSR count). The summed E-state index contributed by atoms with van der Waals surface area (Å²) in [4.78, 5) is 11.0. The highest BCUT2D eigenvalue weighted by molar-refractivity contribution is 6.08. The van der Waals surface area contributed by atoms with Gasteiger partial charge in [0.15, 0.2) is 0 Å². The third-order valence-corrected chi connectivity index (χ3v) is 3.65. The molecule has 100 valence electrons. The molecule has 1 amide bonds. The van der Waals surface area contributed by atoms with E-state index in [-0.39, 0.29) is 5.91 Å². The molecule has 0 bridgehead atoms. The van der Waals surface area contributed by atoms with Crippen LogP contribution in [0.4, 0.5) is 0 Å². The monoisotopic (exact) mass is 263 g/mol. The molecule has 0 spiro atoms. The SMILES string of the molecule is CC(=O)NCCc1cccc2c1ccc1ccccc12. The van der Waals surface area contributed by atoms with Gasteiger partial charge < -0.3 is 5.32 Å². The number of hydrogen-bond donors (Lipinski definition) is 1. The van der Waals surface area contributed by atoms with Crippen LogP contribution in [-0.4, -0.2) is 12.5 Å². The maximum absolute atomic E-state index is 11.0. The van der Waals surface area contributed by atoms with Gasteiger partial charge in [-0.05, 0) is 33.5 Å². The Balaban J connectivity index is 2.06. The fourth-order valence-corrected chi connectivity index (χ4v) is 2.70. The summed E-state index contributed by atoms with van der Waals surface area (Å²) in [6.45, 7) is 2.23. The summed E-state index contributed by atoms with van der Waals surface area (Å²) in [5.41, 5.74) is 1.28. The Kier molecular flexibility index (Phi) is 3.38. The van der Waals surface area contributed by atoms with E-state index >= 15 is 0 Å². The topological polar surface area (TPSA) is 29.1 Å². The molecule has 0 heterocycles. The Bertz CT molecular complexity index is 777. The first kappa shape index (κ1) is 12.7. The number of benzene rings is 3. The summed E-state index contributed by atoms with van der Waals surface area (Å²) in [6, 6.07) is 19.2. The smallest absolute Gasteiger partial charge is 0.216 e. The van der Waals surface area contributed by atoms with Crippen LogP contribution in [0.5, 0.6) is 0 Å². The van der Waals surface area contributed by atoms with Crippen molar-refractivity contribution in [1.82, 2.24) is 5.32 Å². The Morgan fingerprint density at radius 3 is 2.55 bits per heavy atom. The molecule has 0 aromatic heterocycles. The second-order valence-electron chi connectivity index (χ2n) is 5.03. The first-order chi connectivity index (χ1) is 9.75. The average Bonchev–Trinajstić information content (AvgIpc) is 2.47. The van der Waals surface area contributed by atoms with E-state index < -0.39 is 0 Å². The van der Waals surface area contributed by atoms with Gasteiger partial charge in [0.05, 0.1) is 0 Å². The van der Waals surface area contributed by atoms with Crippen LogP contribution in [0, 0.1) is 0 Å².